The van der Waals surface area contributed by atoms with E-state index < -0.39 is 0 Å². The van der Waals surface area contributed by atoms with Gasteiger partial charge in [-0.3, -0.25) is 4.79 Å². The first-order chi connectivity index (χ1) is 14.3. The van der Waals surface area contributed by atoms with E-state index in [-0.39, 0.29) is 12.6 Å². The molecule has 0 aliphatic carbocycles. The minimum absolute atomic E-state index is 0.167. The lowest BCUT2D eigenvalue weighted by molar-refractivity contribution is -0.145. The SMILES string of the molecule is O=C(CCCCBr)OCc1ccc(C#CC#CC#CC#Cc2ccccc2)cc1. The van der Waals surface area contributed by atoms with Crippen LogP contribution in [0.3, 0.4) is 0 Å². The predicted octanol–water partition coefficient (Wildman–Crippen LogP) is 4.71. The zero-order chi connectivity index (χ0) is 20.6. The molecule has 0 heterocycles. The van der Waals surface area contributed by atoms with E-state index in [2.05, 4.69) is 63.3 Å². The van der Waals surface area contributed by atoms with Crippen LogP contribution in [0.1, 0.15) is 36.0 Å². The third kappa shape index (κ3) is 9.94. The van der Waals surface area contributed by atoms with Gasteiger partial charge in [0.15, 0.2) is 0 Å². The topological polar surface area (TPSA) is 26.3 Å². The van der Waals surface area contributed by atoms with Crippen LogP contribution < -0.4 is 0 Å². The van der Waals surface area contributed by atoms with E-state index in [4.69, 9.17) is 4.74 Å². The van der Waals surface area contributed by atoms with Crippen LogP contribution in [0.5, 0.6) is 0 Å². The number of alkyl halides is 1. The largest absolute Gasteiger partial charge is 0.461 e. The summed E-state index contributed by atoms with van der Waals surface area (Å²) in [4.78, 5) is 11.6. The molecule has 2 rings (SSSR count). The second-order valence-electron chi connectivity index (χ2n) is 5.87. The van der Waals surface area contributed by atoms with Gasteiger partial charge in [0.25, 0.3) is 0 Å². The highest BCUT2D eigenvalue weighted by molar-refractivity contribution is 9.09. The van der Waals surface area contributed by atoms with E-state index in [9.17, 15) is 4.79 Å². The van der Waals surface area contributed by atoms with Gasteiger partial charge in [-0.1, -0.05) is 58.1 Å². The molecular weight excluding hydrogens is 424 g/mol. The van der Waals surface area contributed by atoms with Gasteiger partial charge in [-0.25, -0.2) is 0 Å². The molecule has 0 unspecified atom stereocenters. The second kappa shape index (κ2) is 13.7. The van der Waals surface area contributed by atoms with Gasteiger partial charge in [0, 0.05) is 22.9 Å². The molecule has 29 heavy (non-hydrogen) atoms. The number of unbranched alkanes of at least 4 members (excludes halogenated alkanes) is 1. The fraction of sp³-hybridized carbons (Fsp3) is 0.192. The average Bonchev–Trinajstić information content (AvgIpc) is 2.76. The Morgan fingerprint density at radius 3 is 1.97 bits per heavy atom. The van der Waals surface area contributed by atoms with Crippen LogP contribution in [0.2, 0.25) is 0 Å². The molecular formula is C26H19BrO2. The van der Waals surface area contributed by atoms with Crippen LogP contribution in [0, 0.1) is 47.4 Å². The molecule has 2 aromatic carbocycles. The fourth-order valence-corrected chi connectivity index (χ4v) is 2.53. The maximum Gasteiger partial charge on any atom is 0.306 e. The van der Waals surface area contributed by atoms with E-state index >= 15 is 0 Å². The molecule has 0 atom stereocenters. The van der Waals surface area contributed by atoms with E-state index in [1.165, 1.54) is 0 Å². The highest BCUT2D eigenvalue weighted by atomic mass is 79.9. The minimum atomic E-state index is -0.167. The summed E-state index contributed by atoms with van der Waals surface area (Å²) >= 11 is 3.34. The summed E-state index contributed by atoms with van der Waals surface area (Å²) < 4.78 is 5.25. The summed E-state index contributed by atoms with van der Waals surface area (Å²) in [6.45, 7) is 0.278. The maximum atomic E-state index is 11.6. The van der Waals surface area contributed by atoms with E-state index in [0.29, 0.717) is 6.42 Å². The third-order valence-electron chi connectivity index (χ3n) is 3.62. The molecule has 142 valence electrons. The van der Waals surface area contributed by atoms with Crippen molar-refractivity contribution in [3.63, 3.8) is 0 Å². The maximum absolute atomic E-state index is 11.6. The Kier molecular flexibility index (Phi) is 10.4. The van der Waals surface area contributed by atoms with Crippen LogP contribution in [0.25, 0.3) is 0 Å². The molecule has 2 aromatic rings. The Bertz CT molecular complexity index is 1040. The van der Waals surface area contributed by atoms with Gasteiger partial charge in [-0.15, -0.1) is 0 Å². The van der Waals surface area contributed by atoms with Crippen molar-refractivity contribution in [2.75, 3.05) is 5.33 Å². The summed E-state index contributed by atoms with van der Waals surface area (Å²) in [5, 5.41) is 0.905. The van der Waals surface area contributed by atoms with E-state index in [1.54, 1.807) is 0 Å². The molecule has 0 saturated heterocycles. The Hall–Kier alpha value is -3.37. The lowest BCUT2D eigenvalue weighted by atomic mass is 10.1. The molecule has 3 heteroatoms. The first kappa shape index (κ1) is 21.9. The fourth-order valence-electron chi connectivity index (χ4n) is 2.14. The molecule has 2 nitrogen and oxygen atoms in total. The Morgan fingerprint density at radius 1 is 0.759 bits per heavy atom. The molecule has 0 bridgehead atoms. The average molecular weight is 443 g/mol. The molecule has 0 spiro atoms. The summed E-state index contributed by atoms with van der Waals surface area (Å²) in [5.74, 6) is 21.9. The van der Waals surface area contributed by atoms with E-state index in [1.807, 2.05) is 54.6 Å². The normalized spacial score (nSPS) is 8.59. The van der Waals surface area contributed by atoms with Crippen molar-refractivity contribution in [1.29, 1.82) is 0 Å². The van der Waals surface area contributed by atoms with Gasteiger partial charge < -0.3 is 4.74 Å². The van der Waals surface area contributed by atoms with Crippen molar-refractivity contribution in [3.8, 4) is 47.4 Å². The zero-order valence-corrected chi connectivity index (χ0v) is 17.5. The van der Waals surface area contributed by atoms with Crippen molar-refractivity contribution < 1.29 is 9.53 Å². The molecule has 0 fully saturated rings. The number of ether oxygens (including phenoxy) is 1. The van der Waals surface area contributed by atoms with E-state index in [0.717, 1.165) is 34.9 Å². The molecule has 0 aromatic heterocycles. The van der Waals surface area contributed by atoms with Crippen LogP contribution in [-0.4, -0.2) is 11.3 Å². The van der Waals surface area contributed by atoms with Crippen LogP contribution in [0.4, 0.5) is 0 Å². The number of rotatable bonds is 6. The summed E-state index contributed by atoms with van der Waals surface area (Å²) in [6, 6.07) is 17.2. The molecule has 0 radical (unpaired) electrons. The highest BCUT2D eigenvalue weighted by Gasteiger charge is 2.02. The predicted molar refractivity (Wildman–Crippen MR) is 120 cm³/mol. The Labute approximate surface area is 181 Å². The van der Waals surface area contributed by atoms with Crippen molar-refractivity contribution in [3.05, 3.63) is 71.3 Å². The molecule has 0 amide bonds. The third-order valence-corrected chi connectivity index (χ3v) is 4.18. The first-order valence-electron chi connectivity index (χ1n) is 9.15. The number of hydrogen-bond acceptors (Lipinski definition) is 2. The van der Waals surface area contributed by atoms with Crippen LogP contribution in [0.15, 0.2) is 54.6 Å². The number of benzene rings is 2. The smallest absolute Gasteiger partial charge is 0.306 e. The number of carbonyl (C=O) groups is 1. The van der Waals surface area contributed by atoms with Gasteiger partial charge in [-0.2, -0.15) is 0 Å². The van der Waals surface area contributed by atoms with Gasteiger partial charge in [0.1, 0.15) is 6.61 Å². The van der Waals surface area contributed by atoms with Crippen LogP contribution in [-0.2, 0) is 16.1 Å². The second-order valence-corrected chi connectivity index (χ2v) is 6.66. The lowest BCUT2D eigenvalue weighted by Gasteiger charge is -2.04. The van der Waals surface area contributed by atoms with Crippen molar-refractivity contribution >= 4 is 21.9 Å². The summed E-state index contributed by atoms with van der Waals surface area (Å²) in [6.07, 6.45) is 2.26. The lowest BCUT2D eigenvalue weighted by Crippen LogP contribution is -2.04. The zero-order valence-electron chi connectivity index (χ0n) is 15.9. The number of halogens is 1. The van der Waals surface area contributed by atoms with Gasteiger partial charge in [0.2, 0.25) is 0 Å². The summed E-state index contributed by atoms with van der Waals surface area (Å²) in [7, 11) is 0. The van der Waals surface area contributed by atoms with Gasteiger partial charge in [-0.05, 0) is 78.2 Å². The summed E-state index contributed by atoms with van der Waals surface area (Å²) in [5.41, 5.74) is 2.68. The highest BCUT2D eigenvalue weighted by Crippen LogP contribution is 2.07. The Balaban J connectivity index is 1.78. The molecule has 0 aliphatic rings. The number of carbonyl (C=O) groups excluding carboxylic acids is 1. The van der Waals surface area contributed by atoms with Crippen molar-refractivity contribution in [2.45, 2.75) is 25.9 Å². The molecule has 0 saturated carbocycles. The van der Waals surface area contributed by atoms with Crippen molar-refractivity contribution in [1.82, 2.24) is 0 Å². The minimum Gasteiger partial charge on any atom is -0.461 e. The molecule has 0 N–H and O–H groups in total. The monoisotopic (exact) mass is 442 g/mol. The van der Waals surface area contributed by atoms with Crippen molar-refractivity contribution in [2.24, 2.45) is 0 Å². The Morgan fingerprint density at radius 2 is 1.34 bits per heavy atom. The number of esters is 1. The van der Waals surface area contributed by atoms with Gasteiger partial charge >= 0.3 is 5.97 Å². The molecule has 0 aliphatic heterocycles. The first-order valence-corrected chi connectivity index (χ1v) is 10.3. The standard InChI is InChI=1S/C26H19BrO2/c27-21-11-10-16-26(28)29-22-25-19-17-24(18-20-25)15-7-4-2-1-3-6-12-23-13-8-5-9-14-23/h5,8-9,13-14,17-20H,10-11,16,21-22H2. The van der Waals surface area contributed by atoms with Crippen LogP contribution >= 0.6 is 15.9 Å². The number of hydrogen-bond donors (Lipinski definition) is 0. The van der Waals surface area contributed by atoms with Gasteiger partial charge in [0.05, 0.1) is 0 Å². The quantitative estimate of drug-likeness (QED) is 0.280.